The van der Waals surface area contributed by atoms with Gasteiger partial charge in [-0.15, -0.1) is 0 Å². The van der Waals surface area contributed by atoms with Gasteiger partial charge in [0.15, 0.2) is 5.78 Å². The first kappa shape index (κ1) is 10.9. The minimum atomic E-state index is -0.112. The van der Waals surface area contributed by atoms with E-state index in [9.17, 15) is 4.79 Å². The lowest BCUT2D eigenvalue weighted by atomic mass is 9.97. The molecular formula is C14H16O2. The van der Waals surface area contributed by atoms with Crippen molar-refractivity contribution in [3.05, 3.63) is 47.7 Å². The summed E-state index contributed by atoms with van der Waals surface area (Å²) in [6.07, 6.45) is 3.31. The molecule has 84 valence electrons. The molecule has 2 heteroatoms. The number of rotatable bonds is 2. The quantitative estimate of drug-likeness (QED) is 0.757. The molecule has 0 radical (unpaired) electrons. The number of benzene rings is 1. The largest absolute Gasteiger partial charge is 0.493 e. The van der Waals surface area contributed by atoms with Gasteiger partial charge >= 0.3 is 0 Å². The predicted octanol–water partition coefficient (Wildman–Crippen LogP) is 3.35. The summed E-state index contributed by atoms with van der Waals surface area (Å²) in [5, 5.41) is 0. The first-order valence-electron chi connectivity index (χ1n) is 5.61. The van der Waals surface area contributed by atoms with Gasteiger partial charge in [-0.1, -0.05) is 38.1 Å². The lowest BCUT2D eigenvalue weighted by molar-refractivity contribution is -0.118. The maximum atomic E-state index is 11.3. The Labute approximate surface area is 95.9 Å². The topological polar surface area (TPSA) is 26.3 Å². The van der Waals surface area contributed by atoms with E-state index in [2.05, 4.69) is 26.0 Å². The third-order valence-corrected chi connectivity index (χ3v) is 2.86. The van der Waals surface area contributed by atoms with E-state index >= 15 is 0 Å². The van der Waals surface area contributed by atoms with Crippen LogP contribution in [-0.4, -0.2) is 5.78 Å². The number of hydrogen-bond acceptors (Lipinski definition) is 2. The van der Waals surface area contributed by atoms with Crippen LogP contribution in [0.4, 0.5) is 0 Å². The van der Waals surface area contributed by atoms with Crippen molar-refractivity contribution in [2.24, 2.45) is 0 Å². The van der Waals surface area contributed by atoms with Crippen molar-refractivity contribution in [2.75, 3.05) is 0 Å². The number of carbonyl (C=O) groups is 1. The standard InChI is InChI=1S/C14H16O2/c1-10(2)11-3-5-12(6-4-11)14-9-13(15)7-8-16-14/h3-8,10,14H,9H2,1-2H3. The van der Waals surface area contributed by atoms with E-state index in [4.69, 9.17) is 4.74 Å². The number of ether oxygens (including phenoxy) is 1. The molecule has 0 bridgehead atoms. The van der Waals surface area contributed by atoms with Crippen molar-refractivity contribution in [1.29, 1.82) is 0 Å². The van der Waals surface area contributed by atoms with Gasteiger partial charge in [-0.25, -0.2) is 0 Å². The summed E-state index contributed by atoms with van der Waals surface area (Å²) in [6.45, 7) is 4.33. The molecule has 0 amide bonds. The zero-order valence-corrected chi connectivity index (χ0v) is 9.64. The second-order valence-electron chi connectivity index (χ2n) is 4.42. The fourth-order valence-corrected chi connectivity index (χ4v) is 1.80. The van der Waals surface area contributed by atoms with Gasteiger partial charge in [-0.05, 0) is 17.0 Å². The summed E-state index contributed by atoms with van der Waals surface area (Å²) in [7, 11) is 0. The minimum Gasteiger partial charge on any atom is -0.493 e. The second-order valence-corrected chi connectivity index (χ2v) is 4.42. The highest BCUT2D eigenvalue weighted by Gasteiger charge is 2.18. The van der Waals surface area contributed by atoms with Crippen LogP contribution in [0.1, 0.15) is 43.4 Å². The Balaban J connectivity index is 2.16. The Hall–Kier alpha value is -1.57. The van der Waals surface area contributed by atoms with Gasteiger partial charge in [0, 0.05) is 6.08 Å². The summed E-state index contributed by atoms with van der Waals surface area (Å²) in [4.78, 5) is 11.3. The van der Waals surface area contributed by atoms with Crippen LogP contribution in [0, 0.1) is 0 Å². The lowest BCUT2D eigenvalue weighted by Gasteiger charge is -2.19. The molecule has 0 aliphatic carbocycles. The summed E-state index contributed by atoms with van der Waals surface area (Å²) < 4.78 is 5.43. The van der Waals surface area contributed by atoms with E-state index in [0.29, 0.717) is 12.3 Å². The minimum absolute atomic E-state index is 0.112. The Bertz CT molecular complexity index is 401. The van der Waals surface area contributed by atoms with Crippen molar-refractivity contribution in [3.8, 4) is 0 Å². The van der Waals surface area contributed by atoms with Crippen LogP contribution < -0.4 is 0 Å². The van der Waals surface area contributed by atoms with Crippen molar-refractivity contribution >= 4 is 5.78 Å². The van der Waals surface area contributed by atoms with Crippen molar-refractivity contribution in [2.45, 2.75) is 32.3 Å². The molecule has 2 rings (SSSR count). The summed E-state index contributed by atoms with van der Waals surface area (Å²) in [5.41, 5.74) is 2.38. The lowest BCUT2D eigenvalue weighted by Crippen LogP contribution is -2.11. The summed E-state index contributed by atoms with van der Waals surface area (Å²) >= 11 is 0. The molecule has 1 atom stereocenters. The van der Waals surface area contributed by atoms with E-state index < -0.39 is 0 Å². The van der Waals surface area contributed by atoms with Crippen LogP contribution in [0.15, 0.2) is 36.6 Å². The van der Waals surface area contributed by atoms with Crippen molar-refractivity contribution < 1.29 is 9.53 Å². The van der Waals surface area contributed by atoms with Gasteiger partial charge in [-0.3, -0.25) is 4.79 Å². The van der Waals surface area contributed by atoms with Crippen molar-refractivity contribution in [1.82, 2.24) is 0 Å². The normalized spacial score (nSPS) is 19.9. The molecule has 0 spiro atoms. The molecule has 0 fully saturated rings. The van der Waals surface area contributed by atoms with E-state index in [0.717, 1.165) is 5.56 Å². The molecule has 16 heavy (non-hydrogen) atoms. The second kappa shape index (κ2) is 4.52. The zero-order valence-electron chi connectivity index (χ0n) is 9.64. The van der Waals surface area contributed by atoms with Crippen LogP contribution in [0.5, 0.6) is 0 Å². The predicted molar refractivity (Wildman–Crippen MR) is 63.1 cm³/mol. The molecule has 0 saturated carbocycles. The highest BCUT2D eigenvalue weighted by Crippen LogP contribution is 2.26. The molecule has 0 saturated heterocycles. The van der Waals surface area contributed by atoms with E-state index in [1.165, 1.54) is 17.9 Å². The highest BCUT2D eigenvalue weighted by molar-refractivity contribution is 5.90. The molecule has 0 aromatic heterocycles. The SMILES string of the molecule is CC(C)c1ccc(C2CC(=O)C=CO2)cc1. The monoisotopic (exact) mass is 216 g/mol. The van der Waals surface area contributed by atoms with Crippen LogP contribution in [-0.2, 0) is 9.53 Å². The Morgan fingerprint density at radius 1 is 1.25 bits per heavy atom. The third-order valence-electron chi connectivity index (χ3n) is 2.86. The van der Waals surface area contributed by atoms with Crippen LogP contribution in [0.2, 0.25) is 0 Å². The molecule has 1 aromatic rings. The average Bonchev–Trinajstić information content (AvgIpc) is 2.29. The third kappa shape index (κ3) is 2.32. The fourth-order valence-electron chi connectivity index (χ4n) is 1.80. The maximum Gasteiger partial charge on any atom is 0.162 e. The number of allylic oxidation sites excluding steroid dienone is 1. The molecule has 0 N–H and O–H groups in total. The highest BCUT2D eigenvalue weighted by atomic mass is 16.5. The van der Waals surface area contributed by atoms with Crippen molar-refractivity contribution in [3.63, 3.8) is 0 Å². The van der Waals surface area contributed by atoms with Gasteiger partial charge in [0.25, 0.3) is 0 Å². The van der Waals surface area contributed by atoms with Crippen LogP contribution in [0.3, 0.4) is 0 Å². The molecule has 1 aliphatic rings. The molecule has 1 unspecified atom stereocenters. The Morgan fingerprint density at radius 3 is 2.50 bits per heavy atom. The smallest absolute Gasteiger partial charge is 0.162 e. The van der Waals surface area contributed by atoms with Crippen LogP contribution >= 0.6 is 0 Å². The molecule has 2 nitrogen and oxygen atoms in total. The van der Waals surface area contributed by atoms with Gasteiger partial charge in [0.1, 0.15) is 6.10 Å². The summed E-state index contributed by atoms with van der Waals surface area (Å²) in [5.74, 6) is 0.659. The van der Waals surface area contributed by atoms with Gasteiger partial charge in [-0.2, -0.15) is 0 Å². The van der Waals surface area contributed by atoms with Gasteiger partial charge in [0.05, 0.1) is 12.7 Å². The Morgan fingerprint density at radius 2 is 1.94 bits per heavy atom. The zero-order chi connectivity index (χ0) is 11.5. The van der Waals surface area contributed by atoms with Crippen LogP contribution in [0.25, 0.3) is 0 Å². The number of hydrogen-bond donors (Lipinski definition) is 0. The maximum absolute atomic E-state index is 11.3. The number of carbonyl (C=O) groups excluding carboxylic acids is 1. The molecule has 1 aromatic carbocycles. The molecular weight excluding hydrogens is 200 g/mol. The summed E-state index contributed by atoms with van der Waals surface area (Å²) in [6, 6.07) is 8.30. The van der Waals surface area contributed by atoms with Gasteiger partial charge in [0.2, 0.25) is 0 Å². The number of ketones is 1. The first-order valence-corrected chi connectivity index (χ1v) is 5.61. The van der Waals surface area contributed by atoms with E-state index in [-0.39, 0.29) is 11.9 Å². The Kier molecular flexibility index (Phi) is 3.09. The molecule has 1 heterocycles. The first-order chi connectivity index (χ1) is 7.66. The van der Waals surface area contributed by atoms with Gasteiger partial charge < -0.3 is 4.74 Å². The van der Waals surface area contributed by atoms with E-state index in [1.807, 2.05) is 12.1 Å². The average molecular weight is 216 g/mol. The fraction of sp³-hybridized carbons (Fsp3) is 0.357. The molecule has 1 aliphatic heterocycles. The van der Waals surface area contributed by atoms with E-state index in [1.54, 1.807) is 0 Å².